The second-order valence-electron chi connectivity index (χ2n) is 6.14. The second kappa shape index (κ2) is 10.9. The number of aliphatic hydroxyl groups is 1. The van der Waals surface area contributed by atoms with E-state index in [1.165, 1.54) is 12.5 Å². The zero-order valence-electron chi connectivity index (χ0n) is 15.1. The molecule has 5 heteroatoms. The highest BCUT2D eigenvalue weighted by Crippen LogP contribution is 2.12. The zero-order chi connectivity index (χ0) is 18.8. The first-order chi connectivity index (χ1) is 12.6. The third-order valence-corrected chi connectivity index (χ3v) is 4.88. The van der Waals surface area contributed by atoms with Crippen molar-refractivity contribution in [3.63, 3.8) is 0 Å². The van der Waals surface area contributed by atoms with E-state index in [0.717, 1.165) is 36.8 Å². The topological polar surface area (TPSA) is 57.6 Å². The van der Waals surface area contributed by atoms with Gasteiger partial charge in [0.05, 0.1) is 12.4 Å². The van der Waals surface area contributed by atoms with Gasteiger partial charge in [-0.3, -0.25) is 14.5 Å². The van der Waals surface area contributed by atoms with E-state index < -0.39 is 0 Å². The van der Waals surface area contributed by atoms with Crippen LogP contribution < -0.4 is 0 Å². The van der Waals surface area contributed by atoms with Crippen molar-refractivity contribution >= 4 is 22.7 Å². The summed E-state index contributed by atoms with van der Waals surface area (Å²) in [6.07, 6.45) is 0.930. The molecular formula is C21H25NO3S. The van der Waals surface area contributed by atoms with Crippen LogP contribution in [-0.4, -0.2) is 46.4 Å². The van der Waals surface area contributed by atoms with E-state index in [-0.39, 0.29) is 23.3 Å². The van der Waals surface area contributed by atoms with Crippen molar-refractivity contribution in [1.82, 2.24) is 4.90 Å². The van der Waals surface area contributed by atoms with Gasteiger partial charge < -0.3 is 5.11 Å². The number of carbonyl (C=O) groups excluding carboxylic acids is 2. The first-order valence-corrected chi connectivity index (χ1v) is 9.69. The molecule has 0 radical (unpaired) electrons. The predicted octanol–water partition coefficient (Wildman–Crippen LogP) is 3.19. The summed E-state index contributed by atoms with van der Waals surface area (Å²) < 4.78 is 0. The lowest BCUT2D eigenvalue weighted by Gasteiger charge is -2.21. The van der Waals surface area contributed by atoms with Crippen molar-refractivity contribution in [2.75, 3.05) is 25.4 Å². The molecule has 0 aliphatic rings. The molecule has 0 aromatic heterocycles. The van der Waals surface area contributed by atoms with Gasteiger partial charge in [0, 0.05) is 32.1 Å². The van der Waals surface area contributed by atoms with Crippen LogP contribution in [0.5, 0.6) is 0 Å². The average Bonchev–Trinajstić information content (AvgIpc) is 2.66. The van der Waals surface area contributed by atoms with Crippen molar-refractivity contribution in [2.24, 2.45) is 0 Å². The Bertz CT molecular complexity index is 701. The summed E-state index contributed by atoms with van der Waals surface area (Å²) in [6, 6.07) is 17.8. The summed E-state index contributed by atoms with van der Waals surface area (Å²) in [5.41, 5.74) is 3.00. The Morgan fingerprint density at radius 2 is 1.65 bits per heavy atom. The van der Waals surface area contributed by atoms with Crippen LogP contribution in [0.25, 0.3) is 0 Å². The van der Waals surface area contributed by atoms with Gasteiger partial charge in [-0.2, -0.15) is 0 Å². The van der Waals surface area contributed by atoms with Crippen molar-refractivity contribution in [3.8, 4) is 0 Å². The van der Waals surface area contributed by atoms with Gasteiger partial charge in [0.1, 0.15) is 0 Å². The van der Waals surface area contributed by atoms with Gasteiger partial charge >= 0.3 is 0 Å². The van der Waals surface area contributed by atoms with Crippen LogP contribution in [0.2, 0.25) is 0 Å². The minimum absolute atomic E-state index is 0.0342. The highest BCUT2D eigenvalue weighted by atomic mass is 32.2. The van der Waals surface area contributed by atoms with Crippen molar-refractivity contribution in [1.29, 1.82) is 0 Å². The molecule has 2 rings (SSSR count). The largest absolute Gasteiger partial charge is 0.395 e. The molecule has 2 aromatic rings. The fourth-order valence-electron chi connectivity index (χ4n) is 2.65. The maximum atomic E-state index is 12.0. The van der Waals surface area contributed by atoms with Crippen LogP contribution in [0.15, 0.2) is 54.6 Å². The van der Waals surface area contributed by atoms with Crippen LogP contribution >= 0.6 is 11.8 Å². The normalized spacial score (nSPS) is 10.9. The number of nitrogens with zero attached hydrogens (tertiary/aromatic N) is 1. The van der Waals surface area contributed by atoms with E-state index in [1.54, 1.807) is 0 Å². The molecule has 0 amide bonds. The van der Waals surface area contributed by atoms with E-state index in [1.807, 2.05) is 42.5 Å². The number of thioether (sulfide) groups is 1. The molecule has 26 heavy (non-hydrogen) atoms. The Kier molecular flexibility index (Phi) is 8.54. The Balaban J connectivity index is 1.91. The second-order valence-corrected chi connectivity index (χ2v) is 7.29. The van der Waals surface area contributed by atoms with E-state index in [2.05, 4.69) is 17.0 Å². The highest BCUT2D eigenvalue weighted by Gasteiger charge is 2.09. The first kappa shape index (κ1) is 20.4. The third kappa shape index (κ3) is 7.12. The molecule has 0 unspecified atom stereocenters. The first-order valence-electron chi connectivity index (χ1n) is 8.71. The molecule has 0 aliphatic heterocycles. The Morgan fingerprint density at radius 3 is 2.27 bits per heavy atom. The van der Waals surface area contributed by atoms with E-state index in [4.69, 9.17) is 0 Å². The summed E-state index contributed by atoms with van der Waals surface area (Å²) >= 11 is 1.04. The van der Waals surface area contributed by atoms with Crippen molar-refractivity contribution < 1.29 is 14.7 Å². The van der Waals surface area contributed by atoms with E-state index in [9.17, 15) is 14.7 Å². The maximum Gasteiger partial charge on any atom is 0.186 e. The molecule has 138 valence electrons. The molecule has 0 aliphatic carbocycles. The molecular weight excluding hydrogens is 346 g/mol. The van der Waals surface area contributed by atoms with Gasteiger partial charge in [0.15, 0.2) is 10.9 Å². The fraction of sp³-hybridized carbons (Fsp3) is 0.333. The number of benzene rings is 2. The molecule has 0 heterocycles. The van der Waals surface area contributed by atoms with Gasteiger partial charge in [0.2, 0.25) is 0 Å². The minimum Gasteiger partial charge on any atom is -0.395 e. The lowest BCUT2D eigenvalue weighted by molar-refractivity contribution is -0.109. The number of rotatable bonds is 10. The van der Waals surface area contributed by atoms with Crippen molar-refractivity contribution in [2.45, 2.75) is 19.9 Å². The van der Waals surface area contributed by atoms with Gasteiger partial charge in [-0.05, 0) is 17.5 Å². The van der Waals surface area contributed by atoms with Crippen LogP contribution in [0.1, 0.15) is 28.4 Å². The average molecular weight is 372 g/mol. The number of Topliss-reactive ketones (excluding diaryl/α,β-unsaturated/α-hetero) is 1. The number of carbonyl (C=O) groups is 2. The maximum absolute atomic E-state index is 12.0. The van der Waals surface area contributed by atoms with E-state index in [0.29, 0.717) is 12.1 Å². The monoisotopic (exact) mass is 371 g/mol. The summed E-state index contributed by atoms with van der Waals surface area (Å²) in [6.45, 7) is 3.78. The Morgan fingerprint density at radius 1 is 0.962 bits per heavy atom. The lowest BCUT2D eigenvalue weighted by Crippen LogP contribution is -2.28. The van der Waals surface area contributed by atoms with Crippen LogP contribution in [0.3, 0.4) is 0 Å². The van der Waals surface area contributed by atoms with Crippen LogP contribution in [-0.2, 0) is 17.8 Å². The number of aliphatic hydroxyl groups excluding tert-OH is 1. The molecule has 0 saturated heterocycles. The van der Waals surface area contributed by atoms with Crippen LogP contribution in [0.4, 0.5) is 0 Å². The Labute approximate surface area is 159 Å². The molecule has 2 aromatic carbocycles. The molecule has 1 N–H and O–H groups in total. The standard InChI is InChI=1S/C21H25NO3S/c1-17(24)26-16-21(25)20-9-7-19(8-10-20)15-22(13-14-23)12-11-18-5-3-2-4-6-18/h2-10,23H,11-16H2,1H3. The SMILES string of the molecule is CC(=O)SCC(=O)c1ccc(CN(CCO)CCc2ccccc2)cc1. The number of ketones is 1. The summed E-state index contributed by atoms with van der Waals surface area (Å²) in [5.74, 6) is 0.149. The van der Waals surface area contributed by atoms with E-state index >= 15 is 0 Å². The molecule has 0 saturated carbocycles. The number of hydrogen-bond donors (Lipinski definition) is 1. The van der Waals surface area contributed by atoms with Gasteiger partial charge in [-0.15, -0.1) is 0 Å². The zero-order valence-corrected chi connectivity index (χ0v) is 15.9. The third-order valence-electron chi connectivity index (χ3n) is 4.06. The number of hydrogen-bond acceptors (Lipinski definition) is 5. The fourth-order valence-corrected chi connectivity index (χ4v) is 3.15. The summed E-state index contributed by atoms with van der Waals surface area (Å²) in [4.78, 5) is 25.2. The van der Waals surface area contributed by atoms with Crippen LogP contribution in [0, 0.1) is 0 Å². The minimum atomic E-state index is -0.0481. The molecule has 0 atom stereocenters. The molecule has 0 fully saturated rings. The molecule has 0 bridgehead atoms. The Hall–Kier alpha value is -1.95. The summed E-state index contributed by atoms with van der Waals surface area (Å²) in [7, 11) is 0. The quantitative estimate of drug-likeness (QED) is 0.650. The summed E-state index contributed by atoms with van der Waals surface area (Å²) in [5, 5.41) is 9.27. The van der Waals surface area contributed by atoms with Gasteiger partial charge in [-0.25, -0.2) is 0 Å². The van der Waals surface area contributed by atoms with Gasteiger partial charge in [0.25, 0.3) is 0 Å². The molecule has 4 nitrogen and oxygen atoms in total. The molecule has 0 spiro atoms. The van der Waals surface area contributed by atoms with Crippen molar-refractivity contribution in [3.05, 3.63) is 71.3 Å². The van der Waals surface area contributed by atoms with Gasteiger partial charge in [-0.1, -0.05) is 66.4 Å². The highest BCUT2D eigenvalue weighted by molar-refractivity contribution is 8.14. The smallest absolute Gasteiger partial charge is 0.186 e. The lowest BCUT2D eigenvalue weighted by atomic mass is 10.1. The predicted molar refractivity (Wildman–Crippen MR) is 106 cm³/mol.